The van der Waals surface area contributed by atoms with E-state index in [1.165, 1.54) is 57.9 Å². The summed E-state index contributed by atoms with van der Waals surface area (Å²) >= 11 is 0. The molecule has 0 heterocycles. The second-order valence-corrected chi connectivity index (χ2v) is 6.35. The van der Waals surface area contributed by atoms with E-state index in [2.05, 4.69) is 25.7 Å². The first-order valence-electron chi connectivity index (χ1n) is 8.11. The number of unbranched alkanes of at least 4 members (excludes halogenated alkanes) is 4. The summed E-state index contributed by atoms with van der Waals surface area (Å²) in [6.07, 6.45) is 11.0. The van der Waals surface area contributed by atoms with Crippen LogP contribution in [-0.4, -0.2) is 30.1 Å². The summed E-state index contributed by atoms with van der Waals surface area (Å²) in [6.45, 7) is 10.2. The summed E-state index contributed by atoms with van der Waals surface area (Å²) in [7, 11) is 0. The monoisotopic (exact) mass is 254 g/mol. The number of nitrogens with two attached hydrogens (primary N) is 1. The van der Waals surface area contributed by atoms with Gasteiger partial charge in [-0.3, -0.25) is 4.90 Å². The van der Waals surface area contributed by atoms with Gasteiger partial charge in [0.2, 0.25) is 0 Å². The third kappa shape index (κ3) is 5.27. The Labute approximate surface area is 114 Å². The van der Waals surface area contributed by atoms with Crippen LogP contribution in [0.2, 0.25) is 0 Å². The maximum atomic E-state index is 6.08. The quantitative estimate of drug-likeness (QED) is 0.568. The molecule has 2 heteroatoms. The van der Waals surface area contributed by atoms with Crippen molar-refractivity contribution in [3.05, 3.63) is 0 Å². The van der Waals surface area contributed by atoms with Crippen LogP contribution >= 0.6 is 0 Å². The zero-order valence-electron chi connectivity index (χ0n) is 12.9. The first kappa shape index (κ1) is 16.0. The molecule has 1 rings (SSSR count). The van der Waals surface area contributed by atoms with E-state index >= 15 is 0 Å². The van der Waals surface area contributed by atoms with E-state index in [1.807, 2.05) is 0 Å². The summed E-state index contributed by atoms with van der Waals surface area (Å²) in [5.41, 5.74) is 6.32. The molecule has 1 fully saturated rings. The second kappa shape index (κ2) is 8.16. The van der Waals surface area contributed by atoms with Crippen LogP contribution in [-0.2, 0) is 0 Å². The van der Waals surface area contributed by atoms with E-state index in [0.29, 0.717) is 0 Å². The summed E-state index contributed by atoms with van der Waals surface area (Å²) in [4.78, 5) is 2.64. The van der Waals surface area contributed by atoms with Crippen LogP contribution in [0.25, 0.3) is 0 Å². The molecule has 1 aliphatic rings. The summed E-state index contributed by atoms with van der Waals surface area (Å²) in [5.74, 6) is 0.968. The third-order valence-electron chi connectivity index (χ3n) is 4.58. The molecule has 2 N–H and O–H groups in total. The Morgan fingerprint density at radius 1 is 1.11 bits per heavy atom. The molecule has 1 unspecified atom stereocenters. The Bertz CT molecular complexity index is 213. The average Bonchev–Trinajstić information content (AvgIpc) is 3.19. The van der Waals surface area contributed by atoms with Gasteiger partial charge in [-0.25, -0.2) is 0 Å². The third-order valence-corrected chi connectivity index (χ3v) is 4.58. The molecule has 0 spiro atoms. The Balaban J connectivity index is 2.32. The van der Waals surface area contributed by atoms with Gasteiger partial charge in [-0.1, -0.05) is 46.0 Å². The fourth-order valence-corrected chi connectivity index (χ4v) is 2.84. The molecule has 2 nitrogen and oxygen atoms in total. The Morgan fingerprint density at radius 3 is 2.28 bits per heavy atom. The summed E-state index contributed by atoms with van der Waals surface area (Å²) < 4.78 is 0. The molecule has 1 saturated carbocycles. The van der Waals surface area contributed by atoms with Crippen molar-refractivity contribution >= 4 is 0 Å². The van der Waals surface area contributed by atoms with Gasteiger partial charge in [0.1, 0.15) is 0 Å². The van der Waals surface area contributed by atoms with Crippen LogP contribution in [0, 0.1) is 5.92 Å². The fraction of sp³-hybridized carbons (Fsp3) is 1.00. The van der Waals surface area contributed by atoms with Crippen molar-refractivity contribution in [2.45, 2.75) is 77.7 Å². The fourth-order valence-electron chi connectivity index (χ4n) is 2.84. The van der Waals surface area contributed by atoms with Gasteiger partial charge in [0.25, 0.3) is 0 Å². The highest BCUT2D eigenvalue weighted by Gasteiger charge is 2.33. The van der Waals surface area contributed by atoms with Gasteiger partial charge < -0.3 is 5.73 Å². The first-order chi connectivity index (χ1) is 8.66. The maximum Gasteiger partial charge on any atom is 0.0303 e. The van der Waals surface area contributed by atoms with Crippen LogP contribution in [0.15, 0.2) is 0 Å². The molecule has 0 saturated heterocycles. The van der Waals surface area contributed by atoms with E-state index in [-0.39, 0.29) is 5.54 Å². The van der Waals surface area contributed by atoms with Crippen molar-refractivity contribution in [2.75, 3.05) is 19.6 Å². The predicted octanol–water partition coefficient (Wildman–Crippen LogP) is 3.80. The molecule has 18 heavy (non-hydrogen) atoms. The van der Waals surface area contributed by atoms with Crippen LogP contribution in [0.3, 0.4) is 0 Å². The van der Waals surface area contributed by atoms with Crippen molar-refractivity contribution in [2.24, 2.45) is 11.7 Å². The van der Waals surface area contributed by atoms with Gasteiger partial charge in [-0.05, 0) is 38.6 Å². The van der Waals surface area contributed by atoms with Gasteiger partial charge >= 0.3 is 0 Å². The smallest absolute Gasteiger partial charge is 0.0303 e. The molecule has 0 aromatic carbocycles. The van der Waals surface area contributed by atoms with Gasteiger partial charge in [0.15, 0.2) is 0 Å². The first-order valence-corrected chi connectivity index (χ1v) is 8.11. The van der Waals surface area contributed by atoms with Crippen molar-refractivity contribution in [3.8, 4) is 0 Å². The number of nitrogens with zero attached hydrogens (tertiary/aromatic N) is 1. The highest BCUT2D eigenvalue weighted by atomic mass is 15.2. The lowest BCUT2D eigenvalue weighted by Crippen LogP contribution is -2.52. The number of likely N-dealkylation sites (N-methyl/N-ethyl adjacent to an activating group) is 1. The molecule has 108 valence electrons. The highest BCUT2D eigenvalue weighted by Crippen LogP contribution is 2.33. The normalized spacial score (nSPS) is 19.2. The molecule has 0 aromatic rings. The molecule has 0 bridgehead atoms. The second-order valence-electron chi connectivity index (χ2n) is 6.35. The summed E-state index contributed by atoms with van der Waals surface area (Å²) in [6, 6.07) is 0. The molecular weight excluding hydrogens is 220 g/mol. The average molecular weight is 254 g/mol. The number of hydrogen-bond donors (Lipinski definition) is 1. The molecule has 0 amide bonds. The van der Waals surface area contributed by atoms with Crippen LogP contribution in [0.4, 0.5) is 0 Å². The largest absolute Gasteiger partial charge is 0.329 e. The Kier molecular flexibility index (Phi) is 7.25. The van der Waals surface area contributed by atoms with Crippen molar-refractivity contribution in [1.82, 2.24) is 4.90 Å². The molecule has 0 aliphatic heterocycles. The van der Waals surface area contributed by atoms with E-state index in [9.17, 15) is 0 Å². The van der Waals surface area contributed by atoms with Crippen molar-refractivity contribution in [3.63, 3.8) is 0 Å². The minimum Gasteiger partial charge on any atom is -0.329 e. The van der Waals surface area contributed by atoms with Gasteiger partial charge in [-0.2, -0.15) is 0 Å². The minimum absolute atomic E-state index is 0.240. The topological polar surface area (TPSA) is 29.3 Å². The lowest BCUT2D eigenvalue weighted by atomic mass is 9.91. The van der Waals surface area contributed by atoms with Crippen molar-refractivity contribution in [1.29, 1.82) is 0 Å². The molecular formula is C16H34N2. The number of rotatable bonds is 11. The van der Waals surface area contributed by atoms with Crippen molar-refractivity contribution < 1.29 is 0 Å². The number of hydrogen-bond acceptors (Lipinski definition) is 2. The van der Waals surface area contributed by atoms with E-state index in [0.717, 1.165) is 19.0 Å². The Morgan fingerprint density at radius 2 is 1.78 bits per heavy atom. The highest BCUT2D eigenvalue weighted by molar-refractivity contribution is 4.90. The Hall–Kier alpha value is -0.0800. The zero-order valence-corrected chi connectivity index (χ0v) is 12.9. The molecule has 1 aliphatic carbocycles. The van der Waals surface area contributed by atoms with Gasteiger partial charge in [0, 0.05) is 18.6 Å². The lowest BCUT2D eigenvalue weighted by Gasteiger charge is -2.40. The van der Waals surface area contributed by atoms with Crippen LogP contribution in [0.1, 0.15) is 72.1 Å². The zero-order chi connectivity index (χ0) is 13.4. The van der Waals surface area contributed by atoms with E-state index in [4.69, 9.17) is 5.73 Å². The predicted molar refractivity (Wildman–Crippen MR) is 80.8 cm³/mol. The van der Waals surface area contributed by atoms with Crippen LogP contribution in [0.5, 0.6) is 0 Å². The SMILES string of the molecule is CCCCCCCC(C)(CN)N(CC)CC1CC1. The molecule has 1 atom stereocenters. The summed E-state index contributed by atoms with van der Waals surface area (Å²) in [5, 5.41) is 0. The van der Waals surface area contributed by atoms with Gasteiger partial charge in [-0.15, -0.1) is 0 Å². The standard InChI is InChI=1S/C16H34N2/c1-4-6-7-8-9-12-16(3,14-17)18(5-2)13-15-10-11-15/h15H,4-14,17H2,1-3H3. The molecule has 0 radical (unpaired) electrons. The van der Waals surface area contributed by atoms with Gasteiger partial charge in [0.05, 0.1) is 0 Å². The lowest BCUT2D eigenvalue weighted by molar-refractivity contribution is 0.0990. The van der Waals surface area contributed by atoms with E-state index < -0.39 is 0 Å². The van der Waals surface area contributed by atoms with Crippen LogP contribution < -0.4 is 5.73 Å². The molecule has 0 aromatic heterocycles. The minimum atomic E-state index is 0.240. The maximum absolute atomic E-state index is 6.08. The van der Waals surface area contributed by atoms with E-state index in [1.54, 1.807) is 0 Å².